The summed E-state index contributed by atoms with van der Waals surface area (Å²) in [5.41, 5.74) is 8.13. The van der Waals surface area contributed by atoms with Gasteiger partial charge in [-0.05, 0) is 102 Å². The van der Waals surface area contributed by atoms with Crippen molar-refractivity contribution in [2.75, 3.05) is 0 Å². The lowest BCUT2D eigenvalue weighted by molar-refractivity contribution is 0.627. The second kappa shape index (κ2) is 14.2. The van der Waals surface area contributed by atoms with Crippen LogP contribution in [0.25, 0.3) is 44.5 Å². The van der Waals surface area contributed by atoms with E-state index in [9.17, 15) is 13.2 Å². The lowest BCUT2D eigenvalue weighted by atomic mass is 10.1. The van der Waals surface area contributed by atoms with E-state index in [2.05, 4.69) is 121 Å². The lowest BCUT2D eigenvalue weighted by Crippen LogP contribution is -2.74. The smallest absolute Gasteiger partial charge is 0.179 e. The van der Waals surface area contributed by atoms with Crippen LogP contribution in [0.4, 0.5) is 13.2 Å². The molecule has 0 aliphatic heterocycles. The first-order chi connectivity index (χ1) is 25.5. The van der Waals surface area contributed by atoms with E-state index < -0.39 is 8.07 Å². The number of rotatable bonds is 8. The summed E-state index contributed by atoms with van der Waals surface area (Å²) in [6, 6.07) is 65.2. The van der Waals surface area contributed by atoms with E-state index in [1.807, 2.05) is 6.07 Å². The van der Waals surface area contributed by atoms with E-state index >= 15 is 0 Å². The van der Waals surface area contributed by atoms with Crippen LogP contribution in [0.15, 0.2) is 200 Å². The number of hydrogen-bond donors (Lipinski definition) is 0. The minimum atomic E-state index is -3.00. The van der Waals surface area contributed by atoms with Crippen LogP contribution in [0.5, 0.6) is 0 Å². The topological polar surface area (TPSA) is 0 Å². The lowest BCUT2D eigenvalue weighted by Gasteiger charge is -2.35. The summed E-state index contributed by atoms with van der Waals surface area (Å²) in [7, 11) is -3.00. The monoisotopic (exact) mass is 694 g/mol. The fraction of sp³-hybridized carbons (Fsp3) is 0. The molecule has 0 bridgehead atoms. The molecule has 0 aliphatic rings. The summed E-state index contributed by atoms with van der Waals surface area (Å²) in [5.74, 6) is -0.795. The molecule has 0 N–H and O–H groups in total. The van der Waals surface area contributed by atoms with Gasteiger partial charge in [0.25, 0.3) is 0 Å². The molecule has 8 aromatic carbocycles. The van der Waals surface area contributed by atoms with Crippen LogP contribution in [-0.4, -0.2) is 8.07 Å². The van der Waals surface area contributed by atoms with Gasteiger partial charge in [-0.15, -0.1) is 0 Å². The summed E-state index contributed by atoms with van der Waals surface area (Å²) in [6.45, 7) is 0. The molecular weight excluding hydrogens is 662 g/mol. The van der Waals surface area contributed by atoms with E-state index in [0.29, 0.717) is 0 Å². The minimum absolute atomic E-state index is 0.265. The maximum Gasteiger partial charge on any atom is 0.179 e. The third kappa shape index (κ3) is 6.41. The number of halogens is 3. The van der Waals surface area contributed by atoms with Crippen molar-refractivity contribution >= 4 is 28.8 Å². The van der Waals surface area contributed by atoms with Gasteiger partial charge < -0.3 is 0 Å². The highest BCUT2D eigenvalue weighted by Gasteiger charge is 2.41. The Morgan fingerprint density at radius 1 is 0.212 bits per heavy atom. The summed E-state index contributed by atoms with van der Waals surface area (Å²) in [5, 5.41) is 4.78. The summed E-state index contributed by atoms with van der Waals surface area (Å²) in [4.78, 5) is 0. The van der Waals surface area contributed by atoms with E-state index in [0.717, 1.165) is 44.5 Å². The molecule has 0 aromatic heterocycles. The molecule has 0 radical (unpaired) electrons. The fourth-order valence-electron chi connectivity index (χ4n) is 7.21. The van der Waals surface area contributed by atoms with Crippen molar-refractivity contribution < 1.29 is 13.2 Å². The highest BCUT2D eigenvalue weighted by Crippen LogP contribution is 2.25. The predicted molar refractivity (Wildman–Crippen MR) is 212 cm³/mol. The first-order valence-electron chi connectivity index (χ1n) is 17.2. The average molecular weight is 695 g/mol. The van der Waals surface area contributed by atoms with Gasteiger partial charge in [-0.1, -0.05) is 164 Å². The zero-order valence-electron chi connectivity index (χ0n) is 28.2. The molecule has 0 amide bonds. The Bertz CT molecular complexity index is 2190. The first kappa shape index (κ1) is 32.9. The molecule has 4 heteroatoms. The third-order valence-electron chi connectivity index (χ3n) is 9.91. The van der Waals surface area contributed by atoms with Gasteiger partial charge >= 0.3 is 0 Å². The largest absolute Gasteiger partial charge is 0.207 e. The summed E-state index contributed by atoms with van der Waals surface area (Å²) < 4.78 is 41.4. The Kier molecular flexibility index (Phi) is 8.98. The van der Waals surface area contributed by atoms with E-state index in [1.165, 1.54) is 57.1 Å². The van der Waals surface area contributed by atoms with E-state index in [4.69, 9.17) is 0 Å². The molecule has 0 unspecified atom stereocenters. The Morgan fingerprint density at radius 2 is 0.404 bits per heavy atom. The average Bonchev–Trinajstić information content (AvgIpc) is 3.20. The van der Waals surface area contributed by atoms with Crippen LogP contribution in [-0.2, 0) is 0 Å². The molecule has 0 spiro atoms. The van der Waals surface area contributed by atoms with Crippen molar-refractivity contribution in [1.82, 2.24) is 0 Å². The van der Waals surface area contributed by atoms with Gasteiger partial charge in [0.15, 0.2) is 8.07 Å². The van der Waals surface area contributed by atoms with Crippen molar-refractivity contribution in [3.8, 4) is 44.5 Å². The molecule has 52 heavy (non-hydrogen) atoms. The van der Waals surface area contributed by atoms with Crippen molar-refractivity contribution in [3.05, 3.63) is 218 Å². The molecule has 0 heterocycles. The molecular formula is C48H33F3Si. The molecule has 0 aliphatic carbocycles. The molecule has 0 atom stereocenters. The Morgan fingerprint density at radius 3 is 0.635 bits per heavy atom. The quantitative estimate of drug-likeness (QED) is 0.110. The van der Waals surface area contributed by atoms with Crippen LogP contribution in [0.2, 0.25) is 0 Å². The Hall–Kier alpha value is -6.23. The van der Waals surface area contributed by atoms with Gasteiger partial charge in [0.05, 0.1) is 0 Å². The molecule has 8 rings (SSSR count). The minimum Gasteiger partial charge on any atom is -0.207 e. The second-order valence-electron chi connectivity index (χ2n) is 12.9. The van der Waals surface area contributed by atoms with Crippen LogP contribution < -0.4 is 20.7 Å². The standard InChI is InChI=1S/C48H33F3Si/c49-42-20-6-35(7-21-42)39-14-28-46(29-15-39)52(45-26-12-38(13-27-45)34-4-2-1-3-5-34,47-30-16-40(17-31-47)36-8-22-43(50)23-9-36)48-32-18-41(19-33-48)37-10-24-44(51)25-11-37/h1-33H. The highest BCUT2D eigenvalue weighted by molar-refractivity contribution is 7.19. The molecule has 0 fully saturated rings. The van der Waals surface area contributed by atoms with Crippen LogP contribution in [0, 0.1) is 17.5 Å². The van der Waals surface area contributed by atoms with Gasteiger partial charge in [0, 0.05) is 0 Å². The van der Waals surface area contributed by atoms with Gasteiger partial charge in [-0.2, -0.15) is 0 Å². The zero-order chi connectivity index (χ0) is 35.5. The SMILES string of the molecule is Fc1ccc(-c2ccc([Si](c3ccc(-c4ccccc4)cc3)(c3ccc(-c4ccc(F)cc4)cc3)c3ccc(-c4ccc(F)cc4)cc3)cc2)cc1. The van der Waals surface area contributed by atoms with Gasteiger partial charge in [0.2, 0.25) is 0 Å². The van der Waals surface area contributed by atoms with Crippen LogP contribution >= 0.6 is 0 Å². The van der Waals surface area contributed by atoms with Crippen LogP contribution in [0.3, 0.4) is 0 Å². The predicted octanol–water partition coefficient (Wildman–Crippen LogP) is 10.1. The molecule has 8 aromatic rings. The van der Waals surface area contributed by atoms with Gasteiger partial charge in [-0.25, -0.2) is 13.2 Å². The zero-order valence-corrected chi connectivity index (χ0v) is 29.2. The van der Waals surface area contributed by atoms with Crippen LogP contribution in [0.1, 0.15) is 0 Å². The fourth-order valence-corrected chi connectivity index (χ4v) is 11.9. The Labute approximate surface area is 303 Å². The third-order valence-corrected chi connectivity index (χ3v) is 14.7. The molecule has 0 nitrogen and oxygen atoms in total. The van der Waals surface area contributed by atoms with Gasteiger partial charge in [0.1, 0.15) is 17.5 Å². The van der Waals surface area contributed by atoms with Gasteiger partial charge in [-0.3, -0.25) is 0 Å². The normalized spacial score (nSPS) is 11.4. The van der Waals surface area contributed by atoms with Crippen molar-refractivity contribution in [3.63, 3.8) is 0 Å². The van der Waals surface area contributed by atoms with Crippen molar-refractivity contribution in [1.29, 1.82) is 0 Å². The molecule has 0 saturated carbocycles. The summed E-state index contributed by atoms with van der Waals surface area (Å²) >= 11 is 0. The second-order valence-corrected chi connectivity index (χ2v) is 16.8. The Balaban J connectivity index is 1.34. The highest BCUT2D eigenvalue weighted by atomic mass is 28.3. The molecule has 250 valence electrons. The molecule has 0 saturated heterocycles. The van der Waals surface area contributed by atoms with Crippen molar-refractivity contribution in [2.45, 2.75) is 0 Å². The van der Waals surface area contributed by atoms with Crippen molar-refractivity contribution in [2.24, 2.45) is 0 Å². The maximum atomic E-state index is 13.8. The summed E-state index contributed by atoms with van der Waals surface area (Å²) in [6.07, 6.45) is 0. The van der Waals surface area contributed by atoms with E-state index in [1.54, 1.807) is 36.4 Å². The van der Waals surface area contributed by atoms with E-state index in [-0.39, 0.29) is 17.5 Å². The maximum absolute atomic E-state index is 13.8. The number of hydrogen-bond acceptors (Lipinski definition) is 0. The first-order valence-corrected chi connectivity index (χ1v) is 19.2. The number of benzene rings is 8.